The molecule has 0 saturated carbocycles. The van der Waals surface area contributed by atoms with Crippen molar-refractivity contribution in [2.45, 2.75) is 18.9 Å². The lowest BCUT2D eigenvalue weighted by atomic mass is 10.0. The van der Waals surface area contributed by atoms with Crippen LogP contribution in [-0.2, 0) is 4.74 Å². The van der Waals surface area contributed by atoms with Crippen molar-refractivity contribution in [1.82, 2.24) is 4.98 Å². The van der Waals surface area contributed by atoms with Crippen molar-refractivity contribution in [3.8, 4) is 0 Å². The average Bonchev–Trinajstić information content (AvgIpc) is 2.38. The topological polar surface area (TPSA) is 42.4 Å². The van der Waals surface area contributed by atoms with E-state index >= 15 is 0 Å². The smallest absolute Gasteiger partial charge is 0.0791 e. The van der Waals surface area contributed by atoms with E-state index in [-0.39, 0.29) is 0 Å². The first kappa shape index (κ1) is 12.0. The summed E-state index contributed by atoms with van der Waals surface area (Å²) >= 11 is 0. The van der Waals surface area contributed by atoms with Crippen LogP contribution in [0.3, 0.4) is 0 Å². The Morgan fingerprint density at radius 2 is 2.24 bits per heavy atom. The molecule has 0 fully saturated rings. The Hall–Kier alpha value is -1.45. The van der Waals surface area contributed by atoms with Crippen LogP contribution in [0, 0.1) is 0 Å². The van der Waals surface area contributed by atoms with Crippen molar-refractivity contribution in [2.24, 2.45) is 0 Å². The van der Waals surface area contributed by atoms with Crippen molar-refractivity contribution in [3.05, 3.63) is 42.1 Å². The van der Waals surface area contributed by atoms with E-state index in [9.17, 15) is 5.11 Å². The van der Waals surface area contributed by atoms with Gasteiger partial charge in [-0.15, -0.1) is 0 Å². The molecular formula is C14H17NO2. The fourth-order valence-electron chi connectivity index (χ4n) is 1.89. The maximum absolute atomic E-state index is 10.0. The van der Waals surface area contributed by atoms with Gasteiger partial charge in [-0.1, -0.05) is 12.1 Å². The predicted molar refractivity (Wildman–Crippen MR) is 67.8 cm³/mol. The van der Waals surface area contributed by atoms with E-state index in [2.05, 4.69) is 4.98 Å². The van der Waals surface area contributed by atoms with E-state index in [1.54, 1.807) is 13.3 Å². The average molecular weight is 231 g/mol. The highest BCUT2D eigenvalue weighted by molar-refractivity contribution is 5.78. The van der Waals surface area contributed by atoms with Crippen molar-refractivity contribution < 1.29 is 9.84 Å². The number of fused-ring (bicyclic) bond motifs is 1. The fourth-order valence-corrected chi connectivity index (χ4v) is 1.89. The van der Waals surface area contributed by atoms with Gasteiger partial charge in [-0.2, -0.15) is 0 Å². The van der Waals surface area contributed by atoms with Crippen LogP contribution in [-0.4, -0.2) is 23.8 Å². The zero-order valence-corrected chi connectivity index (χ0v) is 9.97. The van der Waals surface area contributed by atoms with Crippen LogP contribution < -0.4 is 0 Å². The van der Waals surface area contributed by atoms with Gasteiger partial charge in [0, 0.05) is 25.3 Å². The highest BCUT2D eigenvalue weighted by atomic mass is 16.5. The minimum absolute atomic E-state index is 0.422. The SMILES string of the molecule is COCCCC(O)c1ccc2ncccc2c1. The van der Waals surface area contributed by atoms with Gasteiger partial charge in [0.2, 0.25) is 0 Å². The number of benzene rings is 1. The van der Waals surface area contributed by atoms with Crippen LogP contribution in [0.1, 0.15) is 24.5 Å². The van der Waals surface area contributed by atoms with Crippen LogP contribution in [0.4, 0.5) is 0 Å². The predicted octanol–water partition coefficient (Wildman–Crippen LogP) is 2.69. The molecule has 3 nitrogen and oxygen atoms in total. The molecule has 3 heteroatoms. The second-order valence-electron chi connectivity index (χ2n) is 4.11. The molecule has 1 unspecified atom stereocenters. The molecule has 0 spiro atoms. The number of rotatable bonds is 5. The van der Waals surface area contributed by atoms with Crippen LogP contribution in [0.15, 0.2) is 36.5 Å². The molecule has 0 aliphatic heterocycles. The van der Waals surface area contributed by atoms with Crippen LogP contribution >= 0.6 is 0 Å². The van der Waals surface area contributed by atoms with E-state index in [1.165, 1.54) is 0 Å². The van der Waals surface area contributed by atoms with Gasteiger partial charge in [-0.25, -0.2) is 0 Å². The number of nitrogens with zero attached hydrogens (tertiary/aromatic N) is 1. The minimum atomic E-state index is -0.422. The van der Waals surface area contributed by atoms with E-state index in [1.807, 2.05) is 30.3 Å². The lowest BCUT2D eigenvalue weighted by molar-refractivity contribution is 0.136. The van der Waals surface area contributed by atoms with Crippen LogP contribution in [0.5, 0.6) is 0 Å². The summed E-state index contributed by atoms with van der Waals surface area (Å²) in [6, 6.07) is 9.80. The second-order valence-corrected chi connectivity index (χ2v) is 4.11. The Kier molecular flexibility index (Phi) is 4.07. The summed E-state index contributed by atoms with van der Waals surface area (Å²) in [6.45, 7) is 0.687. The monoisotopic (exact) mass is 231 g/mol. The summed E-state index contributed by atoms with van der Waals surface area (Å²) in [5.41, 5.74) is 1.90. The molecule has 17 heavy (non-hydrogen) atoms. The number of ether oxygens (including phenoxy) is 1. The molecule has 0 bridgehead atoms. The summed E-state index contributed by atoms with van der Waals surface area (Å²) in [5, 5.41) is 11.1. The van der Waals surface area contributed by atoms with Gasteiger partial charge in [-0.3, -0.25) is 4.98 Å². The molecule has 2 rings (SSSR count). The quantitative estimate of drug-likeness (QED) is 0.804. The number of aliphatic hydroxyl groups excluding tert-OH is 1. The van der Waals surface area contributed by atoms with Gasteiger partial charge in [0.05, 0.1) is 11.6 Å². The number of aromatic nitrogens is 1. The largest absolute Gasteiger partial charge is 0.388 e. The van der Waals surface area contributed by atoms with Crippen molar-refractivity contribution in [2.75, 3.05) is 13.7 Å². The van der Waals surface area contributed by atoms with E-state index in [0.717, 1.165) is 29.3 Å². The van der Waals surface area contributed by atoms with Gasteiger partial charge in [-0.05, 0) is 36.6 Å². The Morgan fingerprint density at radius 3 is 3.06 bits per heavy atom. The van der Waals surface area contributed by atoms with Gasteiger partial charge in [0.1, 0.15) is 0 Å². The van der Waals surface area contributed by atoms with E-state index in [4.69, 9.17) is 4.74 Å². The maximum Gasteiger partial charge on any atom is 0.0791 e. The number of aliphatic hydroxyl groups is 1. The normalized spacial score (nSPS) is 12.8. The van der Waals surface area contributed by atoms with Crippen molar-refractivity contribution in [3.63, 3.8) is 0 Å². The van der Waals surface area contributed by atoms with Crippen molar-refractivity contribution in [1.29, 1.82) is 0 Å². The van der Waals surface area contributed by atoms with Crippen LogP contribution in [0.25, 0.3) is 10.9 Å². The summed E-state index contributed by atoms with van der Waals surface area (Å²) < 4.78 is 4.98. The van der Waals surface area contributed by atoms with Gasteiger partial charge >= 0.3 is 0 Å². The van der Waals surface area contributed by atoms with Gasteiger partial charge in [0.25, 0.3) is 0 Å². The maximum atomic E-state index is 10.0. The minimum Gasteiger partial charge on any atom is -0.388 e. The lowest BCUT2D eigenvalue weighted by Gasteiger charge is -2.11. The van der Waals surface area contributed by atoms with Gasteiger partial charge < -0.3 is 9.84 Å². The Morgan fingerprint density at radius 1 is 1.35 bits per heavy atom. The zero-order valence-electron chi connectivity index (χ0n) is 9.97. The second kappa shape index (κ2) is 5.75. The molecule has 1 N–H and O–H groups in total. The van der Waals surface area contributed by atoms with Crippen molar-refractivity contribution >= 4 is 10.9 Å². The zero-order chi connectivity index (χ0) is 12.1. The summed E-state index contributed by atoms with van der Waals surface area (Å²) in [4.78, 5) is 4.26. The Bertz CT molecular complexity index is 484. The third kappa shape index (κ3) is 3.02. The Balaban J connectivity index is 2.12. The highest BCUT2D eigenvalue weighted by Gasteiger charge is 2.07. The number of hydrogen-bond donors (Lipinski definition) is 1. The molecule has 1 heterocycles. The third-order valence-corrected chi connectivity index (χ3v) is 2.84. The van der Waals surface area contributed by atoms with Gasteiger partial charge in [0.15, 0.2) is 0 Å². The summed E-state index contributed by atoms with van der Waals surface area (Å²) in [7, 11) is 1.67. The number of methoxy groups -OCH3 is 1. The first-order valence-electron chi connectivity index (χ1n) is 5.83. The highest BCUT2D eigenvalue weighted by Crippen LogP contribution is 2.22. The first-order valence-corrected chi connectivity index (χ1v) is 5.83. The number of pyridine rings is 1. The molecule has 0 radical (unpaired) electrons. The molecule has 1 aromatic carbocycles. The molecule has 0 aliphatic rings. The Labute approximate surface area is 101 Å². The molecular weight excluding hydrogens is 214 g/mol. The molecule has 1 aromatic heterocycles. The first-order chi connectivity index (χ1) is 8.31. The van der Waals surface area contributed by atoms with E-state index < -0.39 is 6.10 Å². The molecule has 1 atom stereocenters. The summed E-state index contributed by atoms with van der Waals surface area (Å²) in [6.07, 6.45) is 2.94. The van der Waals surface area contributed by atoms with Crippen LogP contribution in [0.2, 0.25) is 0 Å². The third-order valence-electron chi connectivity index (χ3n) is 2.84. The molecule has 0 saturated heterocycles. The fraction of sp³-hybridized carbons (Fsp3) is 0.357. The summed E-state index contributed by atoms with van der Waals surface area (Å²) in [5.74, 6) is 0. The molecule has 2 aromatic rings. The standard InChI is InChI=1S/C14H17NO2/c1-17-9-3-5-14(16)12-6-7-13-11(10-12)4-2-8-15-13/h2,4,6-8,10,14,16H,3,5,9H2,1H3. The molecule has 0 aliphatic carbocycles. The number of hydrogen-bond acceptors (Lipinski definition) is 3. The lowest BCUT2D eigenvalue weighted by Crippen LogP contribution is -2.00. The molecule has 90 valence electrons. The molecule has 0 amide bonds. The van der Waals surface area contributed by atoms with E-state index in [0.29, 0.717) is 6.61 Å².